The zero-order valence-corrected chi connectivity index (χ0v) is 11.7. The average molecular weight is 244 g/mol. The summed E-state index contributed by atoms with van der Waals surface area (Å²) in [6, 6.07) is 0.417. The van der Waals surface area contributed by atoms with Crippen molar-refractivity contribution in [3.8, 4) is 0 Å². The zero-order chi connectivity index (χ0) is 12.7. The van der Waals surface area contributed by atoms with Crippen molar-refractivity contribution in [1.82, 2.24) is 10.2 Å². The second-order valence-corrected chi connectivity index (χ2v) is 5.10. The van der Waals surface area contributed by atoms with E-state index in [1.165, 1.54) is 0 Å². The first-order chi connectivity index (χ1) is 8.17. The Kier molecular flexibility index (Phi) is 7.04. The fourth-order valence-electron chi connectivity index (χ4n) is 2.14. The third-order valence-corrected chi connectivity index (χ3v) is 3.43. The van der Waals surface area contributed by atoms with E-state index in [0.717, 1.165) is 39.4 Å². The molecule has 0 aromatic carbocycles. The van der Waals surface area contributed by atoms with E-state index in [-0.39, 0.29) is 0 Å². The maximum Gasteiger partial charge on any atom is 0.0826 e. The maximum absolute atomic E-state index is 5.77. The minimum Gasteiger partial charge on any atom is -0.383 e. The van der Waals surface area contributed by atoms with Gasteiger partial charge in [0.05, 0.1) is 19.3 Å². The van der Waals surface area contributed by atoms with Crippen LogP contribution >= 0.6 is 0 Å². The fraction of sp³-hybridized carbons (Fsp3) is 1.00. The van der Waals surface area contributed by atoms with Gasteiger partial charge in [-0.1, -0.05) is 20.8 Å². The molecule has 4 nitrogen and oxygen atoms in total. The van der Waals surface area contributed by atoms with Gasteiger partial charge in [0.15, 0.2) is 0 Å². The standard InChI is InChI=1S/C13H28N2O2/c1-5-15-6-7-17-12(9-15)8-14-13(10-16-4)11(2)3/h11-14H,5-10H2,1-4H3. The minimum absolute atomic E-state index is 0.321. The van der Waals surface area contributed by atoms with Crippen LogP contribution in [-0.2, 0) is 9.47 Å². The van der Waals surface area contributed by atoms with Gasteiger partial charge in [0.2, 0.25) is 0 Å². The number of hydrogen-bond donors (Lipinski definition) is 1. The van der Waals surface area contributed by atoms with Crippen molar-refractivity contribution < 1.29 is 9.47 Å². The fourth-order valence-corrected chi connectivity index (χ4v) is 2.14. The number of ether oxygens (including phenoxy) is 2. The topological polar surface area (TPSA) is 33.7 Å². The lowest BCUT2D eigenvalue weighted by Gasteiger charge is -2.33. The highest BCUT2D eigenvalue weighted by atomic mass is 16.5. The lowest BCUT2D eigenvalue weighted by atomic mass is 10.1. The van der Waals surface area contributed by atoms with E-state index in [1.807, 2.05) is 0 Å². The quantitative estimate of drug-likeness (QED) is 0.723. The summed E-state index contributed by atoms with van der Waals surface area (Å²) in [5.74, 6) is 0.584. The second-order valence-electron chi connectivity index (χ2n) is 5.10. The van der Waals surface area contributed by atoms with Crippen molar-refractivity contribution in [2.24, 2.45) is 5.92 Å². The molecule has 0 aromatic rings. The number of methoxy groups -OCH3 is 1. The van der Waals surface area contributed by atoms with Crippen LogP contribution in [0.2, 0.25) is 0 Å². The average Bonchev–Trinajstić information content (AvgIpc) is 2.34. The van der Waals surface area contributed by atoms with Crippen LogP contribution in [0, 0.1) is 5.92 Å². The normalized spacial score (nSPS) is 24.2. The van der Waals surface area contributed by atoms with Crippen molar-refractivity contribution in [3.63, 3.8) is 0 Å². The summed E-state index contributed by atoms with van der Waals surface area (Å²) in [4.78, 5) is 2.44. The molecule has 1 N–H and O–H groups in total. The smallest absolute Gasteiger partial charge is 0.0826 e. The second kappa shape index (κ2) is 8.03. The van der Waals surface area contributed by atoms with Gasteiger partial charge in [0.25, 0.3) is 0 Å². The molecule has 1 fully saturated rings. The van der Waals surface area contributed by atoms with Gasteiger partial charge in [-0.15, -0.1) is 0 Å². The van der Waals surface area contributed by atoms with Crippen molar-refractivity contribution in [3.05, 3.63) is 0 Å². The Balaban J connectivity index is 2.27. The number of hydrogen-bond acceptors (Lipinski definition) is 4. The molecule has 4 heteroatoms. The predicted octanol–water partition coefficient (Wildman–Crippen LogP) is 0.968. The summed E-state index contributed by atoms with van der Waals surface area (Å²) in [7, 11) is 1.76. The Morgan fingerprint density at radius 3 is 2.82 bits per heavy atom. The van der Waals surface area contributed by atoms with Crippen LogP contribution in [0.3, 0.4) is 0 Å². The molecule has 1 aliphatic rings. The van der Waals surface area contributed by atoms with Crippen LogP contribution in [0.1, 0.15) is 20.8 Å². The van der Waals surface area contributed by atoms with Crippen LogP contribution in [0.15, 0.2) is 0 Å². The minimum atomic E-state index is 0.321. The maximum atomic E-state index is 5.77. The first kappa shape index (κ1) is 14.9. The third kappa shape index (κ3) is 5.34. The molecular formula is C13H28N2O2. The van der Waals surface area contributed by atoms with Crippen LogP contribution in [0.4, 0.5) is 0 Å². The number of likely N-dealkylation sites (N-methyl/N-ethyl adjacent to an activating group) is 1. The summed E-state index contributed by atoms with van der Waals surface area (Å²) >= 11 is 0. The summed E-state index contributed by atoms with van der Waals surface area (Å²) in [5.41, 5.74) is 0. The molecule has 0 aromatic heterocycles. The van der Waals surface area contributed by atoms with Crippen molar-refractivity contribution in [2.45, 2.75) is 32.9 Å². The molecule has 0 amide bonds. The van der Waals surface area contributed by atoms with Crippen molar-refractivity contribution in [2.75, 3.05) is 46.5 Å². The van der Waals surface area contributed by atoms with Crippen LogP contribution < -0.4 is 5.32 Å². The summed E-state index contributed by atoms with van der Waals surface area (Å²) in [5, 5.41) is 3.56. The van der Waals surface area contributed by atoms with Gasteiger partial charge < -0.3 is 14.8 Å². The van der Waals surface area contributed by atoms with Crippen LogP contribution in [0.25, 0.3) is 0 Å². The Bertz CT molecular complexity index is 200. The van der Waals surface area contributed by atoms with Gasteiger partial charge in [-0.05, 0) is 12.5 Å². The molecule has 102 valence electrons. The molecule has 0 bridgehead atoms. The molecule has 1 saturated heterocycles. The van der Waals surface area contributed by atoms with Gasteiger partial charge in [0.1, 0.15) is 0 Å². The molecule has 2 atom stereocenters. The lowest BCUT2D eigenvalue weighted by Crippen LogP contribution is -2.49. The largest absolute Gasteiger partial charge is 0.383 e. The van der Waals surface area contributed by atoms with Gasteiger partial charge in [0, 0.05) is 32.8 Å². The summed E-state index contributed by atoms with van der Waals surface area (Å²) < 4.78 is 11.0. The molecule has 0 saturated carbocycles. The highest BCUT2D eigenvalue weighted by Crippen LogP contribution is 2.06. The van der Waals surface area contributed by atoms with Crippen molar-refractivity contribution in [1.29, 1.82) is 0 Å². The van der Waals surface area contributed by atoms with E-state index in [0.29, 0.717) is 18.1 Å². The van der Waals surface area contributed by atoms with E-state index >= 15 is 0 Å². The van der Waals surface area contributed by atoms with E-state index in [2.05, 4.69) is 31.0 Å². The zero-order valence-electron chi connectivity index (χ0n) is 11.7. The molecule has 1 rings (SSSR count). The molecule has 1 heterocycles. The van der Waals surface area contributed by atoms with E-state index < -0.39 is 0 Å². The summed E-state index contributed by atoms with van der Waals surface area (Å²) in [6.07, 6.45) is 0.321. The SMILES string of the molecule is CCN1CCOC(CNC(COC)C(C)C)C1. The Morgan fingerprint density at radius 1 is 1.47 bits per heavy atom. The van der Waals surface area contributed by atoms with E-state index in [9.17, 15) is 0 Å². The Morgan fingerprint density at radius 2 is 2.24 bits per heavy atom. The summed E-state index contributed by atoms with van der Waals surface area (Å²) in [6.45, 7) is 12.4. The number of nitrogens with zero attached hydrogens (tertiary/aromatic N) is 1. The van der Waals surface area contributed by atoms with Gasteiger partial charge in [-0.2, -0.15) is 0 Å². The Labute approximate surface area is 106 Å². The molecule has 0 aliphatic carbocycles. The molecular weight excluding hydrogens is 216 g/mol. The highest BCUT2D eigenvalue weighted by Gasteiger charge is 2.21. The lowest BCUT2D eigenvalue weighted by molar-refractivity contribution is -0.0281. The highest BCUT2D eigenvalue weighted by molar-refractivity contribution is 4.77. The molecule has 0 radical (unpaired) electrons. The van der Waals surface area contributed by atoms with Gasteiger partial charge in [-0.25, -0.2) is 0 Å². The number of nitrogens with one attached hydrogen (secondary N) is 1. The monoisotopic (exact) mass is 244 g/mol. The molecule has 0 spiro atoms. The third-order valence-electron chi connectivity index (χ3n) is 3.43. The predicted molar refractivity (Wildman–Crippen MR) is 70.4 cm³/mol. The van der Waals surface area contributed by atoms with Gasteiger partial charge in [-0.3, -0.25) is 4.90 Å². The van der Waals surface area contributed by atoms with E-state index in [4.69, 9.17) is 9.47 Å². The van der Waals surface area contributed by atoms with Crippen LogP contribution in [0.5, 0.6) is 0 Å². The number of morpholine rings is 1. The first-order valence-corrected chi connectivity index (χ1v) is 6.73. The van der Waals surface area contributed by atoms with Crippen LogP contribution in [-0.4, -0.2) is 63.5 Å². The Hall–Kier alpha value is -0.160. The van der Waals surface area contributed by atoms with Gasteiger partial charge >= 0.3 is 0 Å². The molecule has 17 heavy (non-hydrogen) atoms. The molecule has 2 unspecified atom stereocenters. The van der Waals surface area contributed by atoms with Crippen molar-refractivity contribution >= 4 is 0 Å². The molecule has 1 aliphatic heterocycles. The first-order valence-electron chi connectivity index (χ1n) is 6.73. The van der Waals surface area contributed by atoms with E-state index in [1.54, 1.807) is 7.11 Å². The number of rotatable bonds is 7.